The van der Waals surface area contributed by atoms with Crippen LogP contribution in [0.15, 0.2) is 18.2 Å². The van der Waals surface area contributed by atoms with E-state index in [1.807, 2.05) is 18.2 Å². The molecule has 2 rings (SSSR count). The molecule has 0 fully saturated rings. The maximum Gasteiger partial charge on any atom is 0.215 e. The molecule has 15 heavy (non-hydrogen) atoms. The largest absolute Gasteiger partial charge is 0.490 e. The van der Waals surface area contributed by atoms with Crippen molar-refractivity contribution in [3.63, 3.8) is 0 Å². The number of ether oxygens (including phenoxy) is 1. The molecule has 1 aromatic rings. The van der Waals surface area contributed by atoms with Gasteiger partial charge in [0, 0.05) is 13.1 Å². The highest BCUT2D eigenvalue weighted by molar-refractivity contribution is 6.57. The minimum absolute atomic E-state index is 0.0167. The molecule has 1 aliphatic rings. The monoisotopic (exact) mass is 204 g/mol. The van der Waals surface area contributed by atoms with Crippen molar-refractivity contribution in [2.24, 2.45) is 0 Å². The fourth-order valence-corrected chi connectivity index (χ4v) is 1.52. The lowest BCUT2D eigenvalue weighted by molar-refractivity contribution is 0.259. The second kappa shape index (κ2) is 4.25. The molecule has 1 amide bonds. The van der Waals surface area contributed by atoms with Crippen LogP contribution >= 0.6 is 0 Å². The van der Waals surface area contributed by atoms with Gasteiger partial charge < -0.3 is 15.4 Å². The SMILES string of the molecule is BC(=O)NCc1ccc2c(c1)NCCO2. The van der Waals surface area contributed by atoms with Gasteiger partial charge in [0.05, 0.1) is 5.69 Å². The van der Waals surface area contributed by atoms with Gasteiger partial charge in [0.25, 0.3) is 0 Å². The topological polar surface area (TPSA) is 50.4 Å². The second-order valence-corrected chi connectivity index (χ2v) is 3.52. The number of carbonyl (C=O) groups is 1. The molecular formula is C10H13BN2O2. The van der Waals surface area contributed by atoms with Crippen LogP contribution in [-0.2, 0) is 6.54 Å². The number of amides is 1. The predicted molar refractivity (Wildman–Crippen MR) is 61.2 cm³/mol. The molecule has 0 atom stereocenters. The van der Waals surface area contributed by atoms with Crippen LogP contribution in [-0.4, -0.2) is 26.8 Å². The van der Waals surface area contributed by atoms with Gasteiger partial charge in [-0.15, -0.1) is 0 Å². The Balaban J connectivity index is 2.10. The van der Waals surface area contributed by atoms with Gasteiger partial charge in [0.1, 0.15) is 12.4 Å². The van der Waals surface area contributed by atoms with Gasteiger partial charge in [-0.25, -0.2) is 0 Å². The minimum atomic E-state index is -0.0167. The molecule has 0 bridgehead atoms. The van der Waals surface area contributed by atoms with E-state index < -0.39 is 0 Å². The van der Waals surface area contributed by atoms with Crippen LogP contribution in [0.3, 0.4) is 0 Å². The van der Waals surface area contributed by atoms with Crippen LogP contribution < -0.4 is 15.4 Å². The van der Waals surface area contributed by atoms with Crippen molar-refractivity contribution in [2.45, 2.75) is 6.54 Å². The molecule has 1 aromatic carbocycles. The van der Waals surface area contributed by atoms with E-state index in [9.17, 15) is 4.79 Å². The maximum absolute atomic E-state index is 10.8. The Morgan fingerprint density at radius 3 is 3.27 bits per heavy atom. The summed E-state index contributed by atoms with van der Waals surface area (Å²) in [6, 6.07) is 5.89. The number of anilines is 1. The van der Waals surface area contributed by atoms with E-state index in [-0.39, 0.29) is 5.81 Å². The van der Waals surface area contributed by atoms with Gasteiger partial charge in [-0.2, -0.15) is 0 Å². The summed E-state index contributed by atoms with van der Waals surface area (Å²) in [7, 11) is 1.51. The molecule has 0 aromatic heterocycles. The lowest BCUT2D eigenvalue weighted by Crippen LogP contribution is -2.21. The van der Waals surface area contributed by atoms with E-state index in [1.165, 1.54) is 7.85 Å². The van der Waals surface area contributed by atoms with E-state index in [1.54, 1.807) is 0 Å². The van der Waals surface area contributed by atoms with Crippen LogP contribution in [0.2, 0.25) is 0 Å². The molecule has 2 N–H and O–H groups in total. The molecule has 0 radical (unpaired) electrons. The maximum atomic E-state index is 10.8. The third-order valence-electron chi connectivity index (χ3n) is 2.26. The highest BCUT2D eigenvalue weighted by Crippen LogP contribution is 2.27. The Morgan fingerprint density at radius 2 is 2.47 bits per heavy atom. The average Bonchev–Trinajstić information content (AvgIpc) is 2.26. The molecular weight excluding hydrogens is 191 g/mol. The van der Waals surface area contributed by atoms with E-state index in [2.05, 4.69) is 10.6 Å². The lowest BCUT2D eigenvalue weighted by Gasteiger charge is -2.19. The number of carbonyl (C=O) groups excluding carboxylic acids is 1. The quantitative estimate of drug-likeness (QED) is 0.682. The van der Waals surface area contributed by atoms with Crippen molar-refractivity contribution in [3.8, 4) is 5.75 Å². The average molecular weight is 204 g/mol. The molecule has 1 heterocycles. The summed E-state index contributed by atoms with van der Waals surface area (Å²) in [5.74, 6) is 0.866. The first-order chi connectivity index (χ1) is 7.25. The van der Waals surface area contributed by atoms with Gasteiger partial charge in [-0.1, -0.05) is 6.07 Å². The van der Waals surface area contributed by atoms with E-state index in [0.717, 1.165) is 23.5 Å². The summed E-state index contributed by atoms with van der Waals surface area (Å²) in [6.07, 6.45) is 0. The van der Waals surface area contributed by atoms with Crippen LogP contribution in [0.25, 0.3) is 0 Å². The van der Waals surface area contributed by atoms with E-state index in [0.29, 0.717) is 13.2 Å². The van der Waals surface area contributed by atoms with Gasteiger partial charge in [-0.05, 0) is 17.7 Å². The summed E-state index contributed by atoms with van der Waals surface area (Å²) in [6.45, 7) is 2.10. The van der Waals surface area contributed by atoms with E-state index in [4.69, 9.17) is 4.74 Å². The molecule has 0 unspecified atom stereocenters. The Hall–Kier alpha value is -1.65. The van der Waals surface area contributed by atoms with Gasteiger partial charge >= 0.3 is 0 Å². The minimum Gasteiger partial charge on any atom is -0.490 e. The Morgan fingerprint density at radius 1 is 1.60 bits per heavy atom. The lowest BCUT2D eigenvalue weighted by atomic mass is 10.1. The number of hydrogen-bond acceptors (Lipinski definition) is 3. The van der Waals surface area contributed by atoms with Crippen molar-refractivity contribution in [2.75, 3.05) is 18.5 Å². The van der Waals surface area contributed by atoms with E-state index >= 15 is 0 Å². The van der Waals surface area contributed by atoms with Crippen molar-refractivity contribution in [3.05, 3.63) is 23.8 Å². The fourth-order valence-electron chi connectivity index (χ4n) is 1.52. The van der Waals surface area contributed by atoms with Crippen LogP contribution in [0, 0.1) is 0 Å². The zero-order valence-corrected chi connectivity index (χ0v) is 8.67. The van der Waals surface area contributed by atoms with Crippen LogP contribution in [0.4, 0.5) is 10.5 Å². The molecule has 0 saturated heterocycles. The molecule has 4 nitrogen and oxygen atoms in total. The third kappa shape index (κ3) is 2.43. The first kappa shape index (κ1) is 9.89. The van der Waals surface area contributed by atoms with Crippen molar-refractivity contribution < 1.29 is 9.53 Å². The molecule has 0 spiro atoms. The summed E-state index contributed by atoms with van der Waals surface area (Å²) in [4.78, 5) is 10.8. The Bertz CT molecular complexity index is 382. The highest BCUT2D eigenvalue weighted by atomic mass is 16.5. The number of benzene rings is 1. The Kier molecular flexibility index (Phi) is 2.80. The van der Waals surface area contributed by atoms with Crippen molar-refractivity contribution >= 4 is 19.3 Å². The Labute approximate surface area is 89.4 Å². The molecule has 0 saturated carbocycles. The van der Waals surface area contributed by atoms with Gasteiger partial charge in [0.2, 0.25) is 7.85 Å². The summed E-state index contributed by atoms with van der Waals surface area (Å²) < 4.78 is 5.45. The third-order valence-corrected chi connectivity index (χ3v) is 2.26. The molecule has 5 heteroatoms. The van der Waals surface area contributed by atoms with Crippen LogP contribution in [0.5, 0.6) is 5.75 Å². The first-order valence-electron chi connectivity index (χ1n) is 5.00. The number of nitrogens with one attached hydrogen (secondary N) is 2. The molecule has 78 valence electrons. The number of fused-ring (bicyclic) bond motifs is 1. The molecule has 1 aliphatic heterocycles. The second-order valence-electron chi connectivity index (χ2n) is 3.52. The summed E-state index contributed by atoms with van der Waals surface area (Å²) in [5.41, 5.74) is 2.08. The summed E-state index contributed by atoms with van der Waals surface area (Å²) >= 11 is 0. The fraction of sp³-hybridized carbons (Fsp3) is 0.300. The van der Waals surface area contributed by atoms with Gasteiger partial charge in [0.15, 0.2) is 5.81 Å². The molecule has 0 aliphatic carbocycles. The number of rotatable bonds is 2. The van der Waals surface area contributed by atoms with Gasteiger partial charge in [-0.3, -0.25) is 4.79 Å². The van der Waals surface area contributed by atoms with Crippen molar-refractivity contribution in [1.29, 1.82) is 0 Å². The highest BCUT2D eigenvalue weighted by Gasteiger charge is 2.09. The number of hydrogen-bond donors (Lipinski definition) is 2. The summed E-state index contributed by atoms with van der Waals surface area (Å²) in [5, 5.41) is 6.01. The normalized spacial score (nSPS) is 13.3. The van der Waals surface area contributed by atoms with Crippen molar-refractivity contribution in [1.82, 2.24) is 5.32 Å². The zero-order chi connectivity index (χ0) is 10.7. The van der Waals surface area contributed by atoms with Crippen LogP contribution in [0.1, 0.15) is 5.56 Å². The zero-order valence-electron chi connectivity index (χ0n) is 8.67. The smallest absolute Gasteiger partial charge is 0.215 e. The standard InChI is InChI=1S/C10H13BN2O2/c11-10(14)13-6-7-1-2-9-8(5-7)12-3-4-15-9/h1-2,5,12H,3-4,6,11H2,(H,13,14). The predicted octanol–water partition coefficient (Wildman–Crippen LogP) is 0.334. The first-order valence-corrected chi connectivity index (χ1v) is 5.00.